The number of benzene rings is 4. The molecule has 0 saturated heterocycles. The molecule has 0 unspecified atom stereocenters. The second-order valence-electron chi connectivity index (χ2n) is 8.34. The van der Waals surface area contributed by atoms with E-state index in [1.807, 2.05) is 30.3 Å². The van der Waals surface area contributed by atoms with Crippen molar-refractivity contribution in [2.45, 2.75) is 23.3 Å². The number of amides is 1. The highest BCUT2D eigenvalue weighted by Gasteiger charge is 2.22. The Morgan fingerprint density at radius 2 is 1.58 bits per heavy atom. The Morgan fingerprint density at radius 1 is 0.861 bits per heavy atom. The van der Waals surface area contributed by atoms with Gasteiger partial charge in [0.25, 0.3) is 0 Å². The van der Waals surface area contributed by atoms with Gasteiger partial charge in [0.1, 0.15) is 0 Å². The second-order valence-corrected chi connectivity index (χ2v) is 11.1. The summed E-state index contributed by atoms with van der Waals surface area (Å²) in [5, 5.41) is 2.37. The Hall–Kier alpha value is -3.45. The quantitative estimate of drug-likeness (QED) is 0.226. The number of carbonyl (C=O) groups excluding carboxylic acids is 1. The highest BCUT2D eigenvalue weighted by atomic mass is 35.5. The predicted octanol–water partition coefficient (Wildman–Crippen LogP) is 7.08. The number of aromatic nitrogens is 1. The predicted molar refractivity (Wildman–Crippen MR) is 144 cm³/mol. The molecule has 0 fully saturated rings. The first-order chi connectivity index (χ1) is 17.2. The summed E-state index contributed by atoms with van der Waals surface area (Å²) in [5.74, 6) is -0.205. The van der Waals surface area contributed by atoms with Crippen LogP contribution in [0.3, 0.4) is 0 Å². The fourth-order valence-corrected chi connectivity index (χ4v) is 6.07. The van der Waals surface area contributed by atoms with Crippen LogP contribution in [0.1, 0.15) is 12.5 Å². The molecule has 36 heavy (non-hydrogen) atoms. The van der Waals surface area contributed by atoms with E-state index in [9.17, 15) is 13.2 Å². The topological polar surface area (TPSA) is 67.3 Å². The van der Waals surface area contributed by atoms with Crippen LogP contribution in [0.2, 0.25) is 10.0 Å². The molecule has 5 nitrogen and oxygen atoms in total. The van der Waals surface area contributed by atoms with E-state index in [1.165, 1.54) is 24.0 Å². The number of fused-ring (bicyclic) bond motifs is 2. The molecule has 4 aromatic carbocycles. The number of pyridine rings is 1. The molecule has 1 amide bonds. The van der Waals surface area contributed by atoms with Crippen LogP contribution in [0.5, 0.6) is 0 Å². The minimum atomic E-state index is -3.85. The van der Waals surface area contributed by atoms with Crippen LogP contribution in [0.25, 0.3) is 21.8 Å². The van der Waals surface area contributed by atoms with Gasteiger partial charge in [-0.05, 0) is 66.2 Å². The third-order valence-electron chi connectivity index (χ3n) is 5.99. The molecule has 0 aliphatic carbocycles. The van der Waals surface area contributed by atoms with Gasteiger partial charge in [0.2, 0.25) is 15.7 Å². The number of rotatable bonds is 5. The molecular formula is C28H20Cl2N2O3S. The molecule has 180 valence electrons. The van der Waals surface area contributed by atoms with E-state index in [2.05, 4.69) is 4.98 Å². The van der Waals surface area contributed by atoms with E-state index in [1.54, 1.807) is 48.5 Å². The van der Waals surface area contributed by atoms with Gasteiger partial charge in [0, 0.05) is 33.4 Å². The van der Waals surface area contributed by atoms with Gasteiger partial charge < -0.3 is 4.90 Å². The number of halogens is 2. The molecule has 8 heteroatoms. The average molecular weight is 535 g/mol. The van der Waals surface area contributed by atoms with Crippen molar-refractivity contribution in [3.8, 4) is 0 Å². The van der Waals surface area contributed by atoms with Crippen LogP contribution < -0.4 is 4.90 Å². The van der Waals surface area contributed by atoms with Gasteiger partial charge in [-0.2, -0.15) is 0 Å². The monoisotopic (exact) mass is 534 g/mol. The Bertz CT molecular complexity index is 1740. The van der Waals surface area contributed by atoms with Crippen molar-refractivity contribution in [2.24, 2.45) is 0 Å². The average Bonchev–Trinajstić information content (AvgIpc) is 2.86. The third kappa shape index (κ3) is 4.55. The van der Waals surface area contributed by atoms with Crippen molar-refractivity contribution >= 4 is 66.4 Å². The Morgan fingerprint density at radius 3 is 2.31 bits per heavy atom. The summed E-state index contributed by atoms with van der Waals surface area (Å²) in [7, 11) is -3.85. The van der Waals surface area contributed by atoms with Gasteiger partial charge in [-0.3, -0.25) is 4.79 Å². The van der Waals surface area contributed by atoms with E-state index in [0.717, 1.165) is 16.5 Å². The van der Waals surface area contributed by atoms with Gasteiger partial charge >= 0.3 is 0 Å². The van der Waals surface area contributed by atoms with Gasteiger partial charge in [-0.1, -0.05) is 53.5 Å². The number of nitrogens with zero attached hydrogens (tertiary/aromatic N) is 2. The molecule has 0 bridgehead atoms. The maximum absolute atomic E-state index is 13.6. The minimum Gasteiger partial charge on any atom is -0.308 e. The molecule has 0 aliphatic heterocycles. The van der Waals surface area contributed by atoms with E-state index >= 15 is 0 Å². The molecule has 5 rings (SSSR count). The zero-order valence-corrected chi connectivity index (χ0v) is 21.5. The Balaban J connectivity index is 1.52. The number of hydrogen-bond acceptors (Lipinski definition) is 4. The van der Waals surface area contributed by atoms with Gasteiger partial charge in [-0.15, -0.1) is 0 Å². The number of hydrogen-bond donors (Lipinski definition) is 0. The number of anilines is 1. The van der Waals surface area contributed by atoms with Crippen molar-refractivity contribution in [1.82, 2.24) is 4.98 Å². The van der Waals surface area contributed by atoms with E-state index < -0.39 is 9.84 Å². The van der Waals surface area contributed by atoms with Crippen LogP contribution in [0.15, 0.2) is 101 Å². The SMILES string of the molecule is CC(=O)N(Cc1ccc(Cl)cc1Cl)c1ccc(S(=O)(=O)c2cccc3nc4ccccc4cc23)cc1. The standard InChI is InChI=1S/C28H20Cl2N2O3S/c1-18(33)32(17-20-9-10-21(29)16-25(20)30)22-11-13-23(14-12-22)36(34,35)28-8-4-7-27-24(28)15-19-5-2-3-6-26(19)31-27/h2-16H,17H2,1H3. The molecule has 0 radical (unpaired) electrons. The van der Waals surface area contributed by atoms with Crippen molar-refractivity contribution in [3.05, 3.63) is 107 Å². The fourth-order valence-electron chi connectivity index (χ4n) is 4.14. The molecule has 1 heterocycles. The summed E-state index contributed by atoms with van der Waals surface area (Å²) in [6.45, 7) is 1.67. The highest BCUT2D eigenvalue weighted by Crippen LogP contribution is 2.31. The summed E-state index contributed by atoms with van der Waals surface area (Å²) >= 11 is 12.3. The second kappa shape index (κ2) is 9.54. The zero-order valence-electron chi connectivity index (χ0n) is 19.2. The molecule has 0 N–H and O–H groups in total. The summed E-state index contributed by atoms with van der Waals surface area (Å²) in [6, 6.07) is 25.9. The first kappa shape index (κ1) is 24.3. The van der Waals surface area contributed by atoms with E-state index in [0.29, 0.717) is 26.6 Å². The molecule has 5 aromatic rings. The first-order valence-electron chi connectivity index (χ1n) is 11.1. The van der Waals surface area contributed by atoms with Crippen LogP contribution in [0.4, 0.5) is 5.69 Å². The normalized spacial score (nSPS) is 11.6. The maximum atomic E-state index is 13.6. The van der Waals surface area contributed by atoms with Crippen LogP contribution in [-0.4, -0.2) is 19.3 Å². The number of sulfone groups is 1. The van der Waals surface area contributed by atoms with Crippen molar-refractivity contribution in [1.29, 1.82) is 0 Å². The molecule has 0 spiro atoms. The van der Waals surface area contributed by atoms with E-state index in [-0.39, 0.29) is 22.2 Å². The lowest BCUT2D eigenvalue weighted by molar-refractivity contribution is -0.116. The van der Waals surface area contributed by atoms with Crippen LogP contribution in [-0.2, 0) is 21.2 Å². The molecule has 0 atom stereocenters. The van der Waals surface area contributed by atoms with Gasteiger partial charge in [-0.25, -0.2) is 13.4 Å². The third-order valence-corrected chi connectivity index (χ3v) is 8.41. The van der Waals surface area contributed by atoms with Crippen molar-refractivity contribution in [2.75, 3.05) is 4.90 Å². The van der Waals surface area contributed by atoms with Crippen LogP contribution in [0, 0.1) is 0 Å². The smallest absolute Gasteiger partial charge is 0.224 e. The molecule has 0 saturated carbocycles. The lowest BCUT2D eigenvalue weighted by atomic mass is 10.1. The molecular weight excluding hydrogens is 515 g/mol. The van der Waals surface area contributed by atoms with Crippen LogP contribution >= 0.6 is 23.2 Å². The summed E-state index contributed by atoms with van der Waals surface area (Å²) in [6.07, 6.45) is 0. The van der Waals surface area contributed by atoms with Gasteiger partial charge in [0.05, 0.1) is 27.4 Å². The number of para-hydroxylation sites is 1. The minimum absolute atomic E-state index is 0.125. The molecule has 1 aromatic heterocycles. The van der Waals surface area contributed by atoms with E-state index in [4.69, 9.17) is 23.2 Å². The van der Waals surface area contributed by atoms with Gasteiger partial charge in [0.15, 0.2) is 0 Å². The first-order valence-corrected chi connectivity index (χ1v) is 13.3. The summed E-state index contributed by atoms with van der Waals surface area (Å²) in [5.41, 5.74) is 2.68. The Labute approximate surface area is 218 Å². The van der Waals surface area contributed by atoms with Crippen molar-refractivity contribution in [3.63, 3.8) is 0 Å². The summed E-state index contributed by atoms with van der Waals surface area (Å²) in [4.78, 5) is 18.9. The number of carbonyl (C=O) groups is 1. The maximum Gasteiger partial charge on any atom is 0.224 e. The lowest BCUT2D eigenvalue weighted by Crippen LogP contribution is -2.27. The highest BCUT2D eigenvalue weighted by molar-refractivity contribution is 7.91. The Kier molecular flexibility index (Phi) is 6.43. The zero-order chi connectivity index (χ0) is 25.4. The largest absolute Gasteiger partial charge is 0.308 e. The fraction of sp³-hybridized carbons (Fsp3) is 0.0714. The van der Waals surface area contributed by atoms with Crippen molar-refractivity contribution < 1.29 is 13.2 Å². The summed E-state index contributed by atoms with van der Waals surface area (Å²) < 4.78 is 27.3. The lowest BCUT2D eigenvalue weighted by Gasteiger charge is -2.22. The molecule has 0 aliphatic rings.